The highest BCUT2D eigenvalue weighted by Gasteiger charge is 2.29. The van der Waals surface area contributed by atoms with Gasteiger partial charge in [0, 0.05) is 18.3 Å². The van der Waals surface area contributed by atoms with Gasteiger partial charge >= 0.3 is 0 Å². The summed E-state index contributed by atoms with van der Waals surface area (Å²) in [6.07, 6.45) is 0.226. The normalized spacial score (nSPS) is 18.2. The molecule has 0 bridgehead atoms. The number of aryl methyl sites for hydroxylation is 2. The van der Waals surface area contributed by atoms with E-state index in [1.165, 1.54) is 6.07 Å². The molecule has 122 valence electrons. The van der Waals surface area contributed by atoms with Crippen LogP contribution in [0, 0.1) is 6.92 Å². The molecule has 1 fully saturated rings. The van der Waals surface area contributed by atoms with Crippen molar-refractivity contribution in [1.82, 2.24) is 24.5 Å². The van der Waals surface area contributed by atoms with Crippen LogP contribution >= 0.6 is 11.5 Å². The number of nitrogens with zero attached hydrogens (tertiary/aromatic N) is 4. The average Bonchev–Trinajstić information content (AvgIpc) is 3.02. The highest BCUT2D eigenvalue weighted by molar-refractivity contribution is 7.08. The van der Waals surface area contributed by atoms with Gasteiger partial charge in [0.15, 0.2) is 0 Å². The quantitative estimate of drug-likeness (QED) is 0.886. The fourth-order valence-corrected chi connectivity index (χ4v) is 3.22. The van der Waals surface area contributed by atoms with Crippen molar-refractivity contribution in [1.29, 1.82) is 0 Å². The Balaban J connectivity index is 1.80. The molecule has 3 heterocycles. The maximum atomic E-state index is 12.7. The smallest absolute Gasteiger partial charge is 0.267 e. The second-order valence-corrected chi connectivity index (χ2v) is 6.04. The van der Waals surface area contributed by atoms with Gasteiger partial charge in [-0.15, -0.1) is 5.10 Å². The van der Waals surface area contributed by atoms with Crippen molar-refractivity contribution in [2.45, 2.75) is 26.4 Å². The molecule has 2 aromatic rings. The first-order chi connectivity index (χ1) is 11.1. The van der Waals surface area contributed by atoms with Gasteiger partial charge in [-0.05, 0) is 24.9 Å². The molecule has 1 N–H and O–H groups in total. The highest BCUT2D eigenvalue weighted by Crippen LogP contribution is 2.22. The third-order valence-corrected chi connectivity index (χ3v) is 4.39. The number of amides is 1. The summed E-state index contributed by atoms with van der Waals surface area (Å²) in [5, 5.41) is 3.98. The molecule has 0 unspecified atom stereocenters. The van der Waals surface area contributed by atoms with E-state index in [2.05, 4.69) is 19.6 Å². The van der Waals surface area contributed by atoms with E-state index in [-0.39, 0.29) is 11.5 Å². The van der Waals surface area contributed by atoms with Gasteiger partial charge in [0.2, 0.25) is 0 Å². The first kappa shape index (κ1) is 15.8. The lowest BCUT2D eigenvalue weighted by Crippen LogP contribution is -2.43. The van der Waals surface area contributed by atoms with Crippen molar-refractivity contribution in [3.63, 3.8) is 0 Å². The Labute approximate surface area is 136 Å². The molecule has 1 atom stereocenters. The number of aromatic nitrogens is 4. The Bertz CT molecular complexity index is 772. The van der Waals surface area contributed by atoms with Crippen LogP contribution < -0.4 is 5.56 Å². The van der Waals surface area contributed by atoms with Crippen LogP contribution in [0.15, 0.2) is 10.9 Å². The summed E-state index contributed by atoms with van der Waals surface area (Å²) in [7, 11) is 0. The zero-order chi connectivity index (χ0) is 16.4. The number of nitrogens with one attached hydrogen (secondary N) is 1. The highest BCUT2D eigenvalue weighted by atomic mass is 32.1. The van der Waals surface area contributed by atoms with Crippen LogP contribution in [-0.2, 0) is 11.2 Å². The Hall–Kier alpha value is -2.13. The van der Waals surface area contributed by atoms with Gasteiger partial charge in [-0.3, -0.25) is 9.59 Å². The van der Waals surface area contributed by atoms with E-state index in [9.17, 15) is 9.59 Å². The van der Waals surface area contributed by atoms with Crippen molar-refractivity contribution in [3.8, 4) is 0 Å². The van der Waals surface area contributed by atoms with Crippen LogP contribution in [0.1, 0.15) is 39.9 Å². The molecule has 1 aliphatic heterocycles. The molecule has 2 aromatic heterocycles. The van der Waals surface area contributed by atoms with Gasteiger partial charge in [0.1, 0.15) is 16.8 Å². The van der Waals surface area contributed by atoms with Crippen LogP contribution in [0.25, 0.3) is 0 Å². The van der Waals surface area contributed by atoms with Crippen LogP contribution in [0.3, 0.4) is 0 Å². The molecule has 23 heavy (non-hydrogen) atoms. The number of aromatic amines is 1. The minimum Gasteiger partial charge on any atom is -0.367 e. The molecule has 1 saturated heterocycles. The summed E-state index contributed by atoms with van der Waals surface area (Å²) in [4.78, 5) is 33.5. The third-order valence-electron chi connectivity index (χ3n) is 3.63. The molecular formula is C14H17N5O3S. The summed E-state index contributed by atoms with van der Waals surface area (Å²) in [5.74, 6) is 0.353. The average molecular weight is 335 g/mol. The second kappa shape index (κ2) is 6.55. The lowest BCUT2D eigenvalue weighted by molar-refractivity contribution is -0.0268. The lowest BCUT2D eigenvalue weighted by atomic mass is 10.2. The van der Waals surface area contributed by atoms with Crippen LogP contribution in [-0.4, -0.2) is 50.1 Å². The Morgan fingerprint density at radius 3 is 3.13 bits per heavy atom. The summed E-state index contributed by atoms with van der Waals surface area (Å²) in [6, 6.07) is 1.42. The zero-order valence-electron chi connectivity index (χ0n) is 12.9. The number of hydrogen-bond donors (Lipinski definition) is 1. The molecule has 0 spiro atoms. The molecule has 3 rings (SSSR count). The van der Waals surface area contributed by atoms with Crippen LogP contribution in [0.2, 0.25) is 0 Å². The van der Waals surface area contributed by atoms with Crippen molar-refractivity contribution >= 4 is 17.4 Å². The molecule has 1 aliphatic rings. The molecule has 1 amide bonds. The van der Waals surface area contributed by atoms with Gasteiger partial charge in [-0.25, -0.2) is 4.98 Å². The van der Waals surface area contributed by atoms with Crippen LogP contribution in [0.4, 0.5) is 0 Å². The molecule has 0 radical (unpaired) electrons. The largest absolute Gasteiger partial charge is 0.367 e. The van der Waals surface area contributed by atoms with E-state index >= 15 is 0 Å². The Kier molecular flexibility index (Phi) is 4.49. The minimum absolute atomic E-state index is 0.0971. The number of carbonyl (C=O) groups is 1. The van der Waals surface area contributed by atoms with Gasteiger partial charge in [-0.2, -0.15) is 0 Å². The van der Waals surface area contributed by atoms with Gasteiger partial charge in [0.05, 0.1) is 18.8 Å². The maximum Gasteiger partial charge on any atom is 0.267 e. The van der Waals surface area contributed by atoms with E-state index in [0.717, 1.165) is 11.5 Å². The van der Waals surface area contributed by atoms with Gasteiger partial charge in [-0.1, -0.05) is 11.4 Å². The molecule has 0 saturated carbocycles. The lowest BCUT2D eigenvalue weighted by Gasteiger charge is -2.32. The van der Waals surface area contributed by atoms with Gasteiger partial charge in [0.25, 0.3) is 11.5 Å². The van der Waals surface area contributed by atoms with Gasteiger partial charge < -0.3 is 14.6 Å². The summed E-state index contributed by atoms with van der Waals surface area (Å²) < 4.78 is 9.54. The van der Waals surface area contributed by atoms with E-state index in [0.29, 0.717) is 48.2 Å². The summed E-state index contributed by atoms with van der Waals surface area (Å²) in [5.41, 5.74) is 1.11. The SMILES string of the molecule is CCc1nnsc1C(=O)N1CCO[C@@H](c2nc(C)cc(=O)[nH]2)C1. The second-order valence-electron chi connectivity index (χ2n) is 5.28. The maximum absolute atomic E-state index is 12.7. The standard InChI is InChI=1S/C14H17N5O3S/c1-3-9-12(23-18-17-9)14(21)19-4-5-22-10(7-19)13-15-8(2)6-11(20)16-13/h6,10H,3-5,7H2,1-2H3,(H,15,16,20)/t10-/m1/s1. The van der Waals surface area contributed by atoms with Crippen LogP contribution in [0.5, 0.6) is 0 Å². The fraction of sp³-hybridized carbons (Fsp3) is 0.500. The van der Waals surface area contributed by atoms with E-state index in [1.54, 1.807) is 11.8 Å². The molecule has 9 heteroatoms. The number of hydrogen-bond acceptors (Lipinski definition) is 7. The van der Waals surface area contributed by atoms with E-state index < -0.39 is 6.10 Å². The van der Waals surface area contributed by atoms with Crippen molar-refractivity contribution < 1.29 is 9.53 Å². The number of morpholine rings is 1. The van der Waals surface area contributed by atoms with Crippen molar-refractivity contribution in [2.75, 3.05) is 19.7 Å². The Morgan fingerprint density at radius 1 is 1.57 bits per heavy atom. The zero-order valence-corrected chi connectivity index (χ0v) is 13.7. The monoisotopic (exact) mass is 335 g/mol. The molecular weight excluding hydrogens is 318 g/mol. The number of H-pyrrole nitrogens is 1. The predicted octanol–water partition coefficient (Wildman–Crippen LogP) is 0.706. The van der Waals surface area contributed by atoms with Crippen molar-refractivity contribution in [2.24, 2.45) is 0 Å². The van der Waals surface area contributed by atoms with E-state index in [1.807, 2.05) is 6.92 Å². The van der Waals surface area contributed by atoms with E-state index in [4.69, 9.17) is 4.74 Å². The first-order valence-corrected chi connectivity index (χ1v) is 8.15. The minimum atomic E-state index is -0.439. The summed E-state index contributed by atoms with van der Waals surface area (Å²) in [6.45, 7) is 4.92. The number of ether oxygens (including phenoxy) is 1. The molecule has 0 aliphatic carbocycles. The fourth-order valence-electron chi connectivity index (χ4n) is 2.50. The number of rotatable bonds is 3. The Morgan fingerprint density at radius 2 is 2.39 bits per heavy atom. The third kappa shape index (κ3) is 3.30. The first-order valence-electron chi connectivity index (χ1n) is 7.38. The predicted molar refractivity (Wildman–Crippen MR) is 83.5 cm³/mol. The van der Waals surface area contributed by atoms with Crippen molar-refractivity contribution in [3.05, 3.63) is 38.5 Å². The topological polar surface area (TPSA) is 101 Å². The molecule has 0 aromatic carbocycles. The summed E-state index contributed by atoms with van der Waals surface area (Å²) >= 11 is 1.11. The number of carbonyl (C=O) groups excluding carboxylic acids is 1. The molecule has 8 nitrogen and oxygen atoms in total.